The Bertz CT molecular complexity index is 594. The highest BCUT2D eigenvalue weighted by Crippen LogP contribution is 2.13. The third-order valence-electron chi connectivity index (χ3n) is 2.67. The molecule has 0 aliphatic heterocycles. The van der Waals surface area contributed by atoms with Crippen LogP contribution in [0.2, 0.25) is 0 Å². The fourth-order valence-corrected chi connectivity index (χ4v) is 1.55. The third kappa shape index (κ3) is 2.82. The first-order valence-electron chi connectivity index (χ1n) is 5.69. The SMILES string of the molecule is COc1cc(CNC(=O)c2n[nH]c(C)c2N)ccn1. The Kier molecular flexibility index (Phi) is 3.65. The molecule has 0 aliphatic carbocycles. The molecule has 0 radical (unpaired) electrons. The van der Waals surface area contributed by atoms with Gasteiger partial charge in [-0.3, -0.25) is 9.89 Å². The number of pyridine rings is 1. The Morgan fingerprint density at radius 1 is 1.58 bits per heavy atom. The van der Waals surface area contributed by atoms with Gasteiger partial charge in [0.1, 0.15) is 0 Å². The number of aromatic amines is 1. The first-order valence-corrected chi connectivity index (χ1v) is 5.69. The summed E-state index contributed by atoms with van der Waals surface area (Å²) in [5.74, 6) is 0.180. The maximum absolute atomic E-state index is 11.9. The first kappa shape index (κ1) is 12.9. The highest BCUT2D eigenvalue weighted by Gasteiger charge is 2.14. The van der Waals surface area contributed by atoms with Crippen LogP contribution in [-0.2, 0) is 6.54 Å². The van der Waals surface area contributed by atoms with Crippen molar-refractivity contribution >= 4 is 11.6 Å². The highest BCUT2D eigenvalue weighted by atomic mass is 16.5. The van der Waals surface area contributed by atoms with Crippen LogP contribution in [0, 0.1) is 6.92 Å². The van der Waals surface area contributed by atoms with E-state index in [-0.39, 0.29) is 11.6 Å². The van der Waals surface area contributed by atoms with Gasteiger partial charge in [0, 0.05) is 18.8 Å². The summed E-state index contributed by atoms with van der Waals surface area (Å²) in [7, 11) is 1.54. The monoisotopic (exact) mass is 261 g/mol. The number of hydrogen-bond donors (Lipinski definition) is 3. The van der Waals surface area contributed by atoms with E-state index in [1.54, 1.807) is 25.3 Å². The summed E-state index contributed by atoms with van der Waals surface area (Å²) in [6.07, 6.45) is 1.62. The van der Waals surface area contributed by atoms with Crippen molar-refractivity contribution in [3.63, 3.8) is 0 Å². The number of nitrogens with two attached hydrogens (primary N) is 1. The fourth-order valence-electron chi connectivity index (χ4n) is 1.55. The molecule has 0 fully saturated rings. The van der Waals surface area contributed by atoms with Crippen LogP contribution in [0.25, 0.3) is 0 Å². The highest BCUT2D eigenvalue weighted by molar-refractivity contribution is 5.97. The van der Waals surface area contributed by atoms with Crippen LogP contribution in [0.5, 0.6) is 5.88 Å². The molecule has 0 aromatic carbocycles. The fraction of sp³-hybridized carbons (Fsp3) is 0.250. The van der Waals surface area contributed by atoms with Crippen LogP contribution in [0.15, 0.2) is 18.3 Å². The molecule has 0 unspecified atom stereocenters. The lowest BCUT2D eigenvalue weighted by atomic mass is 10.2. The van der Waals surface area contributed by atoms with Crippen LogP contribution in [0.1, 0.15) is 21.7 Å². The minimum Gasteiger partial charge on any atom is -0.481 e. The number of hydrogen-bond acceptors (Lipinski definition) is 5. The summed E-state index contributed by atoms with van der Waals surface area (Å²) in [5.41, 5.74) is 7.86. The minimum atomic E-state index is -0.322. The molecule has 0 atom stereocenters. The summed E-state index contributed by atoms with van der Waals surface area (Å²) in [6, 6.07) is 3.54. The van der Waals surface area contributed by atoms with Crippen molar-refractivity contribution in [2.75, 3.05) is 12.8 Å². The Hall–Kier alpha value is -2.57. The van der Waals surface area contributed by atoms with Gasteiger partial charge in [-0.05, 0) is 18.6 Å². The van der Waals surface area contributed by atoms with Gasteiger partial charge in [0.2, 0.25) is 5.88 Å². The maximum atomic E-state index is 11.9. The minimum absolute atomic E-state index is 0.207. The number of amides is 1. The molecule has 0 aliphatic rings. The lowest BCUT2D eigenvalue weighted by Crippen LogP contribution is -2.24. The van der Waals surface area contributed by atoms with Gasteiger partial charge in [-0.15, -0.1) is 0 Å². The quantitative estimate of drug-likeness (QED) is 0.748. The average Bonchev–Trinajstić information content (AvgIpc) is 2.77. The second-order valence-corrected chi connectivity index (χ2v) is 4.00. The van der Waals surface area contributed by atoms with E-state index in [1.807, 2.05) is 0 Å². The maximum Gasteiger partial charge on any atom is 0.274 e. The Morgan fingerprint density at radius 3 is 3.00 bits per heavy atom. The Morgan fingerprint density at radius 2 is 2.37 bits per heavy atom. The van der Waals surface area contributed by atoms with Gasteiger partial charge in [0.25, 0.3) is 5.91 Å². The molecule has 2 aromatic heterocycles. The van der Waals surface area contributed by atoms with Crippen molar-refractivity contribution in [3.05, 3.63) is 35.3 Å². The standard InChI is InChI=1S/C12H15N5O2/c1-7-10(13)11(17-16-7)12(18)15-6-8-3-4-14-9(5-8)19-2/h3-5H,6,13H2,1-2H3,(H,15,18)(H,16,17). The first-order chi connectivity index (χ1) is 9.11. The van der Waals surface area contributed by atoms with E-state index in [4.69, 9.17) is 10.5 Å². The molecule has 0 saturated carbocycles. The van der Waals surface area contributed by atoms with Crippen molar-refractivity contribution < 1.29 is 9.53 Å². The molecule has 7 heteroatoms. The number of rotatable bonds is 4. The number of methoxy groups -OCH3 is 1. The van der Waals surface area contributed by atoms with Crippen molar-refractivity contribution in [2.45, 2.75) is 13.5 Å². The number of nitrogen functional groups attached to an aromatic ring is 1. The van der Waals surface area contributed by atoms with Crippen molar-refractivity contribution in [1.29, 1.82) is 0 Å². The van der Waals surface area contributed by atoms with Gasteiger partial charge in [0.05, 0.1) is 18.5 Å². The zero-order valence-corrected chi connectivity index (χ0v) is 10.7. The van der Waals surface area contributed by atoms with Crippen molar-refractivity contribution in [1.82, 2.24) is 20.5 Å². The lowest BCUT2D eigenvalue weighted by molar-refractivity contribution is 0.0946. The molecular weight excluding hydrogens is 246 g/mol. The number of aromatic nitrogens is 3. The van der Waals surface area contributed by atoms with E-state index in [0.29, 0.717) is 23.8 Å². The molecule has 0 spiro atoms. The third-order valence-corrected chi connectivity index (χ3v) is 2.67. The van der Waals surface area contributed by atoms with E-state index >= 15 is 0 Å². The average molecular weight is 261 g/mol. The number of carbonyl (C=O) groups excluding carboxylic acids is 1. The van der Waals surface area contributed by atoms with Crippen LogP contribution in [0.3, 0.4) is 0 Å². The van der Waals surface area contributed by atoms with Crippen molar-refractivity contribution in [3.8, 4) is 5.88 Å². The molecule has 2 rings (SSSR count). The number of nitrogens with one attached hydrogen (secondary N) is 2. The lowest BCUT2D eigenvalue weighted by Gasteiger charge is -2.05. The predicted octanol–water partition coefficient (Wildman–Crippen LogP) is 0.634. The topological polar surface area (TPSA) is 106 Å². The molecular formula is C12H15N5O2. The number of ether oxygens (including phenoxy) is 1. The smallest absolute Gasteiger partial charge is 0.274 e. The predicted molar refractivity (Wildman–Crippen MR) is 69.7 cm³/mol. The summed E-state index contributed by atoms with van der Waals surface area (Å²) in [6.45, 7) is 2.11. The van der Waals surface area contributed by atoms with E-state index < -0.39 is 0 Å². The molecule has 2 heterocycles. The molecule has 100 valence electrons. The molecule has 0 saturated heterocycles. The molecule has 1 amide bonds. The van der Waals surface area contributed by atoms with Gasteiger partial charge in [-0.2, -0.15) is 5.10 Å². The second-order valence-electron chi connectivity index (χ2n) is 4.00. The number of carbonyl (C=O) groups is 1. The van der Waals surface area contributed by atoms with Crippen LogP contribution in [0.4, 0.5) is 5.69 Å². The second kappa shape index (κ2) is 5.38. The van der Waals surface area contributed by atoms with E-state index in [0.717, 1.165) is 5.56 Å². The summed E-state index contributed by atoms with van der Waals surface area (Å²) in [4.78, 5) is 15.9. The molecule has 0 bridgehead atoms. The largest absolute Gasteiger partial charge is 0.481 e. The van der Waals surface area contributed by atoms with Gasteiger partial charge >= 0.3 is 0 Å². The van der Waals surface area contributed by atoms with Crippen molar-refractivity contribution in [2.24, 2.45) is 0 Å². The zero-order chi connectivity index (χ0) is 13.8. The number of aryl methyl sites for hydroxylation is 1. The number of anilines is 1. The molecule has 2 aromatic rings. The van der Waals surface area contributed by atoms with Gasteiger partial charge < -0.3 is 15.8 Å². The van der Waals surface area contributed by atoms with E-state index in [2.05, 4.69) is 20.5 Å². The molecule has 4 N–H and O–H groups in total. The Balaban J connectivity index is 2.02. The summed E-state index contributed by atoms with van der Waals surface area (Å²) < 4.78 is 5.01. The van der Waals surface area contributed by atoms with Gasteiger partial charge in [-0.1, -0.05) is 0 Å². The van der Waals surface area contributed by atoms with E-state index in [1.165, 1.54) is 7.11 Å². The van der Waals surface area contributed by atoms with Crippen LogP contribution >= 0.6 is 0 Å². The van der Waals surface area contributed by atoms with Crippen LogP contribution < -0.4 is 15.8 Å². The normalized spacial score (nSPS) is 10.2. The zero-order valence-electron chi connectivity index (χ0n) is 10.7. The number of H-pyrrole nitrogens is 1. The van der Waals surface area contributed by atoms with Crippen LogP contribution in [-0.4, -0.2) is 28.2 Å². The summed E-state index contributed by atoms with van der Waals surface area (Å²) >= 11 is 0. The Labute approximate surface area is 110 Å². The summed E-state index contributed by atoms with van der Waals surface area (Å²) in [5, 5.41) is 9.27. The van der Waals surface area contributed by atoms with E-state index in [9.17, 15) is 4.79 Å². The number of nitrogens with zero attached hydrogens (tertiary/aromatic N) is 2. The molecule has 19 heavy (non-hydrogen) atoms. The molecule has 7 nitrogen and oxygen atoms in total. The van der Waals surface area contributed by atoms with Gasteiger partial charge in [0.15, 0.2) is 5.69 Å². The van der Waals surface area contributed by atoms with Gasteiger partial charge in [-0.25, -0.2) is 4.98 Å².